The van der Waals surface area contributed by atoms with Gasteiger partial charge in [-0.2, -0.15) is 0 Å². The van der Waals surface area contributed by atoms with E-state index in [0.717, 1.165) is 0 Å². The van der Waals surface area contributed by atoms with Gasteiger partial charge in [0.25, 0.3) is 0 Å². The molecule has 0 aliphatic heterocycles. The van der Waals surface area contributed by atoms with Crippen molar-refractivity contribution in [3.8, 4) is 0 Å². The molecule has 0 aromatic carbocycles. The zero-order valence-corrected chi connectivity index (χ0v) is 7.43. The lowest BCUT2D eigenvalue weighted by molar-refractivity contribution is 0.176. The van der Waals surface area contributed by atoms with Crippen molar-refractivity contribution in [2.24, 2.45) is 5.92 Å². The van der Waals surface area contributed by atoms with Crippen molar-refractivity contribution in [2.45, 2.75) is 33.2 Å². The summed E-state index contributed by atoms with van der Waals surface area (Å²) in [7, 11) is 1.76. The molecule has 0 N–H and O–H groups in total. The van der Waals surface area contributed by atoms with Crippen molar-refractivity contribution in [2.75, 3.05) is 7.05 Å². The minimum absolute atomic E-state index is 0.0816. The molecular formula is C8H16NO. The Morgan fingerprint density at radius 2 is 1.80 bits per heavy atom. The molecule has 0 spiro atoms. The maximum absolute atomic E-state index is 10.3. The van der Waals surface area contributed by atoms with Crippen molar-refractivity contribution >= 4 is 6.41 Å². The van der Waals surface area contributed by atoms with Gasteiger partial charge in [0.2, 0.25) is 0 Å². The Kier molecular flexibility index (Phi) is 2.88. The van der Waals surface area contributed by atoms with E-state index in [1.54, 1.807) is 11.9 Å². The molecule has 0 aromatic heterocycles. The van der Waals surface area contributed by atoms with Crippen LogP contribution in [0, 0.1) is 5.92 Å². The fourth-order valence-electron chi connectivity index (χ4n) is 0.505. The van der Waals surface area contributed by atoms with Crippen LogP contribution in [0.4, 0.5) is 0 Å². The van der Waals surface area contributed by atoms with Crippen molar-refractivity contribution in [3.63, 3.8) is 0 Å². The van der Waals surface area contributed by atoms with E-state index in [-0.39, 0.29) is 5.54 Å². The average molecular weight is 142 g/mol. The lowest BCUT2D eigenvalue weighted by atomic mass is 9.90. The Morgan fingerprint density at radius 1 is 1.40 bits per heavy atom. The van der Waals surface area contributed by atoms with E-state index in [9.17, 15) is 4.79 Å². The molecule has 0 saturated heterocycles. The van der Waals surface area contributed by atoms with Crippen molar-refractivity contribution in [3.05, 3.63) is 0 Å². The lowest BCUT2D eigenvalue weighted by Crippen LogP contribution is -2.44. The van der Waals surface area contributed by atoms with Gasteiger partial charge in [-0.1, -0.05) is 13.8 Å². The molecule has 0 aliphatic carbocycles. The van der Waals surface area contributed by atoms with Crippen LogP contribution in [0.1, 0.15) is 27.7 Å². The smallest absolute Gasteiger partial charge is 0.312 e. The van der Waals surface area contributed by atoms with Gasteiger partial charge in [-0.3, -0.25) is 4.79 Å². The van der Waals surface area contributed by atoms with Gasteiger partial charge in [-0.05, 0) is 19.8 Å². The van der Waals surface area contributed by atoms with Crippen LogP contribution in [0.2, 0.25) is 0 Å². The van der Waals surface area contributed by atoms with Gasteiger partial charge in [0.05, 0.1) is 0 Å². The molecule has 0 rings (SSSR count). The van der Waals surface area contributed by atoms with Crippen LogP contribution in [-0.4, -0.2) is 23.9 Å². The third kappa shape index (κ3) is 1.72. The van der Waals surface area contributed by atoms with E-state index in [1.165, 1.54) is 0 Å². The summed E-state index contributed by atoms with van der Waals surface area (Å²) in [4.78, 5) is 11.8. The van der Waals surface area contributed by atoms with Gasteiger partial charge in [-0.15, -0.1) is 0 Å². The van der Waals surface area contributed by atoms with E-state index in [4.69, 9.17) is 0 Å². The van der Waals surface area contributed by atoms with E-state index < -0.39 is 0 Å². The Balaban J connectivity index is 4.22. The molecule has 2 heteroatoms. The first kappa shape index (κ1) is 9.47. The van der Waals surface area contributed by atoms with E-state index in [1.807, 2.05) is 20.3 Å². The second-order valence-corrected chi connectivity index (χ2v) is 3.46. The van der Waals surface area contributed by atoms with Crippen molar-refractivity contribution in [1.29, 1.82) is 0 Å². The number of hydrogen-bond donors (Lipinski definition) is 0. The number of hydrogen-bond acceptors (Lipinski definition) is 1. The molecule has 0 fully saturated rings. The first-order valence-corrected chi connectivity index (χ1v) is 3.54. The molecule has 1 amide bonds. The van der Waals surface area contributed by atoms with Crippen LogP contribution in [0.25, 0.3) is 0 Å². The summed E-state index contributed by atoms with van der Waals surface area (Å²) in [6.45, 7) is 8.24. The van der Waals surface area contributed by atoms with E-state index in [2.05, 4.69) is 13.8 Å². The molecule has 0 unspecified atom stereocenters. The van der Waals surface area contributed by atoms with Gasteiger partial charge in [0.1, 0.15) is 0 Å². The first-order valence-electron chi connectivity index (χ1n) is 3.54. The van der Waals surface area contributed by atoms with Crippen molar-refractivity contribution in [1.82, 2.24) is 4.90 Å². The maximum Gasteiger partial charge on any atom is 0.312 e. The Hall–Kier alpha value is -0.530. The fourth-order valence-corrected chi connectivity index (χ4v) is 0.505. The predicted octanol–water partition coefficient (Wildman–Crippen LogP) is 1.42. The van der Waals surface area contributed by atoms with Gasteiger partial charge >= 0.3 is 6.41 Å². The van der Waals surface area contributed by atoms with Gasteiger partial charge in [0, 0.05) is 12.6 Å². The zero-order chi connectivity index (χ0) is 8.36. The quantitative estimate of drug-likeness (QED) is 0.546. The molecule has 0 bridgehead atoms. The number of nitrogens with zero attached hydrogens (tertiary/aromatic N) is 1. The summed E-state index contributed by atoms with van der Waals surface area (Å²) in [5.74, 6) is 0.457. The largest absolute Gasteiger partial charge is 0.332 e. The summed E-state index contributed by atoms with van der Waals surface area (Å²) in [5.41, 5.74) is -0.0816. The Bertz CT molecular complexity index is 118. The van der Waals surface area contributed by atoms with E-state index in [0.29, 0.717) is 5.92 Å². The third-order valence-corrected chi connectivity index (χ3v) is 2.41. The number of carbonyl (C=O) groups excluding carboxylic acids is 1. The second kappa shape index (κ2) is 3.04. The van der Waals surface area contributed by atoms with Crippen LogP contribution < -0.4 is 0 Å². The monoisotopic (exact) mass is 142 g/mol. The highest BCUT2D eigenvalue weighted by Gasteiger charge is 2.26. The van der Waals surface area contributed by atoms with Crippen LogP contribution >= 0.6 is 0 Å². The highest BCUT2D eigenvalue weighted by molar-refractivity contribution is 5.49. The Labute approximate surface area is 63.2 Å². The highest BCUT2D eigenvalue weighted by Crippen LogP contribution is 2.20. The topological polar surface area (TPSA) is 20.3 Å². The molecule has 2 nitrogen and oxygen atoms in total. The molecule has 0 aromatic rings. The van der Waals surface area contributed by atoms with Crippen LogP contribution in [0.15, 0.2) is 0 Å². The molecule has 0 heterocycles. The molecule has 1 radical (unpaired) electrons. The van der Waals surface area contributed by atoms with Crippen molar-refractivity contribution < 1.29 is 4.79 Å². The Morgan fingerprint density at radius 3 is 1.90 bits per heavy atom. The average Bonchev–Trinajstić information content (AvgIpc) is 1.86. The molecule has 0 aliphatic rings. The summed E-state index contributed by atoms with van der Waals surface area (Å²) in [6.07, 6.45) is 1.87. The maximum atomic E-state index is 10.3. The minimum atomic E-state index is -0.0816. The van der Waals surface area contributed by atoms with Crippen LogP contribution in [0.3, 0.4) is 0 Å². The number of rotatable bonds is 3. The summed E-state index contributed by atoms with van der Waals surface area (Å²) in [6, 6.07) is 0. The predicted molar refractivity (Wildman–Crippen MR) is 42.4 cm³/mol. The van der Waals surface area contributed by atoms with Gasteiger partial charge in [-0.25, -0.2) is 0 Å². The normalized spacial score (nSPS) is 11.8. The van der Waals surface area contributed by atoms with Crippen LogP contribution in [0.5, 0.6) is 0 Å². The third-order valence-electron chi connectivity index (χ3n) is 2.41. The summed E-state index contributed by atoms with van der Waals surface area (Å²) >= 11 is 0. The molecule has 0 atom stereocenters. The molecular weight excluding hydrogens is 126 g/mol. The van der Waals surface area contributed by atoms with Gasteiger partial charge < -0.3 is 4.90 Å². The fraction of sp³-hybridized carbons (Fsp3) is 0.875. The van der Waals surface area contributed by atoms with Crippen LogP contribution in [-0.2, 0) is 4.79 Å². The second-order valence-electron chi connectivity index (χ2n) is 3.46. The molecule has 0 saturated carbocycles. The highest BCUT2D eigenvalue weighted by atomic mass is 16.1. The lowest BCUT2D eigenvalue weighted by Gasteiger charge is -2.35. The SMILES string of the molecule is CC(C)C(C)(C)N(C)[C]=O. The summed E-state index contributed by atoms with van der Waals surface area (Å²) < 4.78 is 0. The molecule has 10 heavy (non-hydrogen) atoms. The van der Waals surface area contributed by atoms with E-state index >= 15 is 0 Å². The standard InChI is InChI=1S/C8H16NO/c1-7(2)8(3,4)9(5)6-10/h7H,1-5H3. The first-order chi connectivity index (χ1) is 4.42. The molecule has 59 valence electrons. The minimum Gasteiger partial charge on any atom is -0.332 e. The van der Waals surface area contributed by atoms with Gasteiger partial charge in [0.15, 0.2) is 0 Å². The number of amides is 1. The zero-order valence-electron chi connectivity index (χ0n) is 7.43. The summed E-state index contributed by atoms with van der Waals surface area (Å²) in [5, 5.41) is 0.